The lowest BCUT2D eigenvalue weighted by molar-refractivity contribution is -0.385. The average molecular weight is 518 g/mol. The first-order chi connectivity index (χ1) is 17.0. The minimum atomic E-state index is -0.651. The lowest BCUT2D eigenvalue weighted by Gasteiger charge is -2.18. The fraction of sp³-hybridized carbons (Fsp3) is 0.409. The van der Waals surface area contributed by atoms with Crippen molar-refractivity contribution in [1.82, 2.24) is 25.1 Å². The highest BCUT2D eigenvalue weighted by atomic mass is 32.1. The lowest BCUT2D eigenvalue weighted by atomic mass is 10.2. The van der Waals surface area contributed by atoms with Gasteiger partial charge in [-0.1, -0.05) is 0 Å². The summed E-state index contributed by atoms with van der Waals surface area (Å²) in [4.78, 5) is 43.3. The van der Waals surface area contributed by atoms with Crippen molar-refractivity contribution in [2.45, 2.75) is 26.4 Å². The number of aryl methyl sites for hydroxylation is 1. The number of carbonyl (C=O) groups excluding carboxylic acids is 2. The van der Waals surface area contributed by atoms with Crippen molar-refractivity contribution >= 4 is 34.7 Å². The molecule has 2 N–H and O–H groups in total. The van der Waals surface area contributed by atoms with Crippen molar-refractivity contribution in [3.8, 4) is 10.6 Å². The van der Waals surface area contributed by atoms with Gasteiger partial charge in [0.25, 0.3) is 5.91 Å². The number of nitrogens with zero attached hydrogens (tertiary/aromatic N) is 5. The Labute approximate surface area is 211 Å². The number of aromatic nitrogens is 4. The standard InChI is InChI=1S/C22H27N7O6S/c1-22(2,3)35-21(31)15-13-36-20(26-15)14-5-6-23-17(11-14)24-7-9-34-10-8-25-19(30)18-16(29(32)33)12-28(4)27-18/h5-6,11-13H,7-10H2,1-4H3,(H,23,24)(H,25,30). The van der Waals surface area contributed by atoms with Crippen molar-refractivity contribution < 1.29 is 24.0 Å². The minimum Gasteiger partial charge on any atom is -0.455 e. The quantitative estimate of drug-likeness (QED) is 0.167. The SMILES string of the molecule is Cn1cc([N+](=O)[O-])c(C(=O)NCCOCCNc2cc(-c3nc(C(=O)OC(C)(C)C)cs3)ccn2)n1. The summed E-state index contributed by atoms with van der Waals surface area (Å²) in [7, 11) is 1.50. The zero-order valence-electron chi connectivity index (χ0n) is 20.3. The minimum absolute atomic E-state index is 0.171. The number of amides is 1. The number of esters is 1. The Morgan fingerprint density at radius 2 is 2.00 bits per heavy atom. The van der Waals surface area contributed by atoms with Crippen molar-refractivity contribution in [1.29, 1.82) is 0 Å². The fourth-order valence-electron chi connectivity index (χ4n) is 2.94. The Balaban J connectivity index is 1.41. The van der Waals surface area contributed by atoms with E-state index in [0.717, 1.165) is 5.56 Å². The topological polar surface area (TPSA) is 163 Å². The van der Waals surface area contributed by atoms with Gasteiger partial charge in [0.05, 0.1) is 18.1 Å². The second-order valence-corrected chi connectivity index (χ2v) is 9.42. The van der Waals surface area contributed by atoms with Gasteiger partial charge in [-0.3, -0.25) is 19.6 Å². The van der Waals surface area contributed by atoms with E-state index in [-0.39, 0.29) is 30.2 Å². The van der Waals surface area contributed by atoms with E-state index in [1.165, 1.54) is 29.3 Å². The number of hydrogen-bond donors (Lipinski definition) is 2. The Morgan fingerprint density at radius 3 is 2.72 bits per heavy atom. The van der Waals surface area contributed by atoms with Crippen LogP contribution in [0.3, 0.4) is 0 Å². The van der Waals surface area contributed by atoms with Gasteiger partial charge in [0.1, 0.15) is 22.6 Å². The van der Waals surface area contributed by atoms with Gasteiger partial charge in [0.15, 0.2) is 5.69 Å². The molecule has 0 aliphatic heterocycles. The van der Waals surface area contributed by atoms with Crippen LogP contribution < -0.4 is 10.6 Å². The molecule has 0 radical (unpaired) electrons. The molecule has 0 aromatic carbocycles. The van der Waals surface area contributed by atoms with Crippen molar-refractivity contribution in [3.05, 3.63) is 51.4 Å². The van der Waals surface area contributed by atoms with E-state index >= 15 is 0 Å². The molecule has 0 atom stereocenters. The van der Waals surface area contributed by atoms with E-state index in [0.29, 0.717) is 24.0 Å². The molecule has 0 fully saturated rings. The molecule has 0 saturated carbocycles. The molecule has 192 valence electrons. The number of carbonyl (C=O) groups is 2. The highest BCUT2D eigenvalue weighted by Gasteiger charge is 2.24. The largest absolute Gasteiger partial charge is 0.455 e. The highest BCUT2D eigenvalue weighted by molar-refractivity contribution is 7.13. The molecule has 3 aromatic rings. The molecule has 0 unspecified atom stereocenters. The van der Waals surface area contributed by atoms with Crippen LogP contribution >= 0.6 is 11.3 Å². The zero-order chi connectivity index (χ0) is 26.3. The second-order valence-electron chi connectivity index (χ2n) is 8.56. The van der Waals surface area contributed by atoms with Crippen LogP contribution in [0.5, 0.6) is 0 Å². The Hall–Kier alpha value is -3.91. The van der Waals surface area contributed by atoms with Gasteiger partial charge in [-0.25, -0.2) is 14.8 Å². The number of rotatable bonds is 11. The maximum Gasteiger partial charge on any atom is 0.358 e. The van der Waals surface area contributed by atoms with Gasteiger partial charge in [-0.2, -0.15) is 5.10 Å². The summed E-state index contributed by atoms with van der Waals surface area (Å²) in [6.07, 6.45) is 2.81. The number of thiazole rings is 1. The summed E-state index contributed by atoms with van der Waals surface area (Å²) >= 11 is 1.34. The molecule has 3 rings (SSSR count). The Kier molecular flexibility index (Phi) is 8.66. The van der Waals surface area contributed by atoms with Crippen LogP contribution in [-0.2, 0) is 16.5 Å². The number of anilines is 1. The molecule has 0 aliphatic rings. The average Bonchev–Trinajstić information content (AvgIpc) is 3.45. The van der Waals surface area contributed by atoms with Crippen LogP contribution in [0.25, 0.3) is 10.6 Å². The third-order valence-electron chi connectivity index (χ3n) is 4.42. The third kappa shape index (κ3) is 7.55. The van der Waals surface area contributed by atoms with E-state index in [1.807, 2.05) is 6.07 Å². The fourth-order valence-corrected chi connectivity index (χ4v) is 3.72. The zero-order valence-corrected chi connectivity index (χ0v) is 21.1. The molecule has 0 bridgehead atoms. The summed E-state index contributed by atoms with van der Waals surface area (Å²) in [5.41, 5.74) is -0.126. The maximum absolute atomic E-state index is 12.2. The molecular weight excluding hydrogens is 490 g/mol. The molecule has 1 amide bonds. The van der Waals surface area contributed by atoms with Crippen molar-refractivity contribution in [2.75, 3.05) is 31.6 Å². The summed E-state index contributed by atoms with van der Waals surface area (Å²) in [6, 6.07) is 3.62. The molecular formula is C22H27N7O6S. The second kappa shape index (κ2) is 11.7. The van der Waals surface area contributed by atoms with E-state index in [1.54, 1.807) is 38.4 Å². The number of pyridine rings is 1. The molecule has 3 aromatic heterocycles. The smallest absolute Gasteiger partial charge is 0.358 e. The highest BCUT2D eigenvalue weighted by Crippen LogP contribution is 2.26. The molecule has 0 spiro atoms. The number of ether oxygens (including phenoxy) is 2. The summed E-state index contributed by atoms with van der Waals surface area (Å²) in [6.45, 7) is 6.58. The van der Waals surface area contributed by atoms with E-state index < -0.39 is 22.4 Å². The molecule has 13 nitrogen and oxygen atoms in total. The monoisotopic (exact) mass is 517 g/mol. The molecule has 3 heterocycles. The van der Waals surface area contributed by atoms with Gasteiger partial charge in [0.2, 0.25) is 5.69 Å². The van der Waals surface area contributed by atoms with Crippen LogP contribution in [0, 0.1) is 10.1 Å². The normalized spacial score (nSPS) is 11.2. The maximum atomic E-state index is 12.2. The summed E-state index contributed by atoms with van der Waals surface area (Å²) in [5.74, 6) is -0.494. The van der Waals surface area contributed by atoms with Crippen LogP contribution in [0.15, 0.2) is 29.9 Å². The van der Waals surface area contributed by atoms with Crippen molar-refractivity contribution in [3.63, 3.8) is 0 Å². The van der Waals surface area contributed by atoms with Crippen molar-refractivity contribution in [2.24, 2.45) is 7.05 Å². The van der Waals surface area contributed by atoms with Gasteiger partial charge >= 0.3 is 11.7 Å². The van der Waals surface area contributed by atoms with E-state index in [4.69, 9.17) is 9.47 Å². The van der Waals surface area contributed by atoms with Gasteiger partial charge in [0, 0.05) is 37.3 Å². The molecule has 0 aliphatic carbocycles. The first-order valence-corrected chi connectivity index (χ1v) is 11.8. The van der Waals surface area contributed by atoms with Gasteiger partial charge in [-0.15, -0.1) is 11.3 Å². The third-order valence-corrected chi connectivity index (χ3v) is 5.32. The predicted molar refractivity (Wildman–Crippen MR) is 132 cm³/mol. The first-order valence-electron chi connectivity index (χ1n) is 11.0. The van der Waals surface area contributed by atoms with Crippen LogP contribution in [0.4, 0.5) is 11.5 Å². The summed E-state index contributed by atoms with van der Waals surface area (Å²) in [5, 5.41) is 22.8. The molecule has 14 heteroatoms. The van der Waals surface area contributed by atoms with E-state index in [2.05, 4.69) is 25.7 Å². The predicted octanol–water partition coefficient (Wildman–Crippen LogP) is 2.66. The number of hydrogen-bond acceptors (Lipinski definition) is 11. The lowest BCUT2D eigenvalue weighted by Crippen LogP contribution is -2.28. The Bertz CT molecular complexity index is 1230. The Morgan fingerprint density at radius 1 is 1.25 bits per heavy atom. The van der Waals surface area contributed by atoms with E-state index in [9.17, 15) is 19.7 Å². The molecule has 36 heavy (non-hydrogen) atoms. The van der Waals surface area contributed by atoms with Gasteiger partial charge in [-0.05, 0) is 32.9 Å². The number of nitro groups is 1. The molecule has 0 saturated heterocycles. The summed E-state index contributed by atoms with van der Waals surface area (Å²) < 4.78 is 12.1. The van der Waals surface area contributed by atoms with Crippen LogP contribution in [0.1, 0.15) is 41.7 Å². The van der Waals surface area contributed by atoms with Crippen LogP contribution in [0.2, 0.25) is 0 Å². The first kappa shape index (κ1) is 26.7. The van der Waals surface area contributed by atoms with Crippen LogP contribution in [-0.4, -0.2) is 68.5 Å². The van der Waals surface area contributed by atoms with Gasteiger partial charge < -0.3 is 20.1 Å². The number of nitrogens with one attached hydrogen (secondary N) is 2.